The Hall–Kier alpha value is -2.82. The van der Waals surface area contributed by atoms with E-state index in [1.165, 1.54) is 0 Å². The van der Waals surface area contributed by atoms with Crippen molar-refractivity contribution in [3.05, 3.63) is 77.8 Å². The fourth-order valence-corrected chi connectivity index (χ4v) is 3.13. The normalized spacial score (nSPS) is 10.4. The molecule has 0 atom stereocenters. The van der Waals surface area contributed by atoms with E-state index in [9.17, 15) is 0 Å². The van der Waals surface area contributed by atoms with E-state index in [-0.39, 0.29) is 12.4 Å². The number of hydrogen-bond donors (Lipinski definition) is 1. The maximum atomic E-state index is 6.37. The topological polar surface area (TPSA) is 47.0 Å². The van der Waals surface area contributed by atoms with Crippen molar-refractivity contribution < 1.29 is 17.1 Å². The van der Waals surface area contributed by atoms with Crippen molar-refractivity contribution in [3.8, 4) is 17.1 Å². The maximum absolute atomic E-state index is 6.37. The molecule has 4 rings (SSSR count). The van der Waals surface area contributed by atoms with Crippen molar-refractivity contribution in [2.75, 3.05) is 11.9 Å². The van der Waals surface area contributed by atoms with Gasteiger partial charge in [0.15, 0.2) is 5.82 Å². The van der Waals surface area contributed by atoms with Gasteiger partial charge in [-0.25, -0.2) is 9.97 Å². The highest BCUT2D eigenvalue weighted by molar-refractivity contribution is 6.33. The Kier molecular flexibility index (Phi) is 6.34. The summed E-state index contributed by atoms with van der Waals surface area (Å²) < 4.78 is 5.73. The van der Waals surface area contributed by atoms with Gasteiger partial charge in [0.1, 0.15) is 11.6 Å². The van der Waals surface area contributed by atoms with Crippen LogP contribution in [-0.4, -0.2) is 16.6 Å². The molecule has 0 radical (unpaired) electrons. The first-order valence-electron chi connectivity index (χ1n) is 8.77. The molecule has 0 spiro atoms. The van der Waals surface area contributed by atoms with Crippen LogP contribution in [-0.2, 0) is 0 Å². The molecule has 28 heavy (non-hydrogen) atoms. The summed E-state index contributed by atoms with van der Waals surface area (Å²) in [5.74, 6) is 2.07. The lowest BCUT2D eigenvalue weighted by atomic mass is 10.1. The number of fused-ring (bicyclic) bond motifs is 1. The van der Waals surface area contributed by atoms with Crippen LogP contribution < -0.4 is 22.5 Å². The highest BCUT2D eigenvalue weighted by Gasteiger charge is 2.13. The number of hydrogen-bond acceptors (Lipinski definition) is 4. The zero-order valence-corrected chi connectivity index (χ0v) is 16.7. The molecule has 3 aromatic carbocycles. The van der Waals surface area contributed by atoms with Gasteiger partial charge in [0, 0.05) is 10.9 Å². The Labute approximate surface area is 175 Å². The molecule has 6 heteroatoms. The van der Waals surface area contributed by atoms with Crippen molar-refractivity contribution in [2.24, 2.45) is 0 Å². The second kappa shape index (κ2) is 8.91. The third-order valence-corrected chi connectivity index (χ3v) is 4.49. The number of aromatic nitrogens is 2. The van der Waals surface area contributed by atoms with Gasteiger partial charge >= 0.3 is 0 Å². The number of nitrogens with one attached hydrogen (secondary N) is 1. The predicted octanol–water partition coefficient (Wildman–Crippen LogP) is 3.10. The summed E-state index contributed by atoms with van der Waals surface area (Å²) in [5, 5.41) is 4.96. The maximum Gasteiger partial charge on any atom is 0.163 e. The smallest absolute Gasteiger partial charge is 0.163 e. The Morgan fingerprint density at radius 3 is 2.43 bits per heavy atom. The lowest BCUT2D eigenvalue weighted by Gasteiger charge is -2.14. The molecule has 4 aromatic rings. The molecule has 0 bridgehead atoms. The SMILES string of the molecule is CCOc1ccccc1Nc1nc(-c2ccccc2Cl)nc2ccccc12.[Cl-]. The minimum absolute atomic E-state index is 0. The van der Waals surface area contributed by atoms with Crippen LogP contribution >= 0.6 is 11.6 Å². The number of para-hydroxylation sites is 3. The summed E-state index contributed by atoms with van der Waals surface area (Å²) in [6.45, 7) is 2.56. The summed E-state index contributed by atoms with van der Waals surface area (Å²) in [6.07, 6.45) is 0. The molecule has 4 nitrogen and oxygen atoms in total. The highest BCUT2D eigenvalue weighted by Crippen LogP contribution is 2.33. The van der Waals surface area contributed by atoms with E-state index in [4.69, 9.17) is 26.3 Å². The summed E-state index contributed by atoms with van der Waals surface area (Å²) in [6, 6.07) is 23.3. The lowest BCUT2D eigenvalue weighted by Crippen LogP contribution is -3.00. The Bertz CT molecular complexity index is 1100. The van der Waals surface area contributed by atoms with Crippen molar-refractivity contribution in [3.63, 3.8) is 0 Å². The zero-order valence-electron chi connectivity index (χ0n) is 15.2. The molecular formula is C22H18Cl2N3O-. The average Bonchev–Trinajstić information content (AvgIpc) is 2.70. The molecule has 0 saturated carbocycles. The number of rotatable bonds is 5. The first-order valence-corrected chi connectivity index (χ1v) is 9.14. The van der Waals surface area contributed by atoms with Crippen LogP contribution in [0.15, 0.2) is 72.8 Å². The first kappa shape index (κ1) is 19.9. The van der Waals surface area contributed by atoms with Crippen molar-refractivity contribution in [2.45, 2.75) is 6.92 Å². The van der Waals surface area contributed by atoms with Crippen molar-refractivity contribution in [1.82, 2.24) is 9.97 Å². The van der Waals surface area contributed by atoms with Crippen LogP contribution in [0, 0.1) is 0 Å². The van der Waals surface area contributed by atoms with Gasteiger partial charge in [-0.05, 0) is 43.3 Å². The molecule has 0 aliphatic carbocycles. The highest BCUT2D eigenvalue weighted by atomic mass is 35.5. The number of halogens is 2. The molecule has 142 valence electrons. The third-order valence-electron chi connectivity index (χ3n) is 4.16. The molecule has 1 aromatic heterocycles. The van der Waals surface area contributed by atoms with Gasteiger partial charge in [-0.3, -0.25) is 0 Å². The molecule has 1 N–H and O–H groups in total. The quantitative estimate of drug-likeness (QED) is 0.549. The molecule has 0 unspecified atom stereocenters. The Balaban J connectivity index is 0.00000225. The first-order chi connectivity index (χ1) is 13.3. The minimum Gasteiger partial charge on any atom is -1.00 e. The average molecular weight is 411 g/mol. The second-order valence-corrected chi connectivity index (χ2v) is 6.35. The van der Waals surface area contributed by atoms with Gasteiger partial charge in [-0.1, -0.05) is 48.0 Å². The molecular weight excluding hydrogens is 393 g/mol. The summed E-state index contributed by atoms with van der Waals surface area (Å²) in [5.41, 5.74) is 2.50. The largest absolute Gasteiger partial charge is 1.00 e. The van der Waals surface area contributed by atoms with Gasteiger partial charge in [-0.15, -0.1) is 0 Å². The van der Waals surface area contributed by atoms with E-state index in [1.54, 1.807) is 0 Å². The Morgan fingerprint density at radius 1 is 0.893 bits per heavy atom. The molecule has 0 fully saturated rings. The van der Waals surface area contributed by atoms with E-state index < -0.39 is 0 Å². The third kappa shape index (κ3) is 4.03. The van der Waals surface area contributed by atoms with Crippen LogP contribution in [0.3, 0.4) is 0 Å². The number of benzene rings is 3. The van der Waals surface area contributed by atoms with Gasteiger partial charge in [0.2, 0.25) is 0 Å². The van der Waals surface area contributed by atoms with Crippen LogP contribution in [0.25, 0.3) is 22.3 Å². The standard InChI is InChI=1S/C22H18ClN3O.ClH/c1-2-27-20-14-8-7-13-19(20)25-22-16-10-4-6-12-18(16)24-21(26-22)15-9-3-5-11-17(15)23;/h3-14H,2H2,1H3,(H,24,25,26);1H/p-1. The van der Waals surface area contributed by atoms with Crippen LogP contribution in [0.5, 0.6) is 5.75 Å². The van der Waals surface area contributed by atoms with E-state index in [1.807, 2.05) is 79.7 Å². The van der Waals surface area contributed by atoms with E-state index in [0.29, 0.717) is 23.3 Å². The van der Waals surface area contributed by atoms with E-state index >= 15 is 0 Å². The predicted molar refractivity (Wildman–Crippen MR) is 111 cm³/mol. The van der Waals surface area contributed by atoms with E-state index in [2.05, 4.69) is 5.32 Å². The molecule has 0 saturated heterocycles. The second-order valence-electron chi connectivity index (χ2n) is 5.95. The molecule has 0 aliphatic rings. The van der Waals surface area contributed by atoms with Crippen LogP contribution in [0.4, 0.5) is 11.5 Å². The van der Waals surface area contributed by atoms with Crippen molar-refractivity contribution >= 4 is 34.0 Å². The number of nitrogens with zero attached hydrogens (tertiary/aromatic N) is 2. The summed E-state index contributed by atoms with van der Waals surface area (Å²) in [4.78, 5) is 9.47. The summed E-state index contributed by atoms with van der Waals surface area (Å²) in [7, 11) is 0. The fraction of sp³-hybridized carbons (Fsp3) is 0.0909. The number of ether oxygens (including phenoxy) is 1. The molecule has 0 aliphatic heterocycles. The van der Waals surface area contributed by atoms with Crippen molar-refractivity contribution in [1.29, 1.82) is 0 Å². The van der Waals surface area contributed by atoms with E-state index in [0.717, 1.165) is 27.9 Å². The zero-order chi connectivity index (χ0) is 18.6. The molecule has 1 heterocycles. The van der Waals surface area contributed by atoms with Gasteiger partial charge < -0.3 is 22.5 Å². The molecule has 0 amide bonds. The van der Waals surface area contributed by atoms with Gasteiger partial charge in [-0.2, -0.15) is 0 Å². The number of anilines is 2. The van der Waals surface area contributed by atoms with Crippen LogP contribution in [0.1, 0.15) is 6.92 Å². The van der Waals surface area contributed by atoms with Crippen LogP contribution in [0.2, 0.25) is 5.02 Å². The fourth-order valence-electron chi connectivity index (χ4n) is 2.91. The van der Waals surface area contributed by atoms with Gasteiger partial charge in [0.25, 0.3) is 0 Å². The summed E-state index contributed by atoms with van der Waals surface area (Å²) >= 11 is 6.37. The Morgan fingerprint density at radius 2 is 1.61 bits per heavy atom. The van der Waals surface area contributed by atoms with Gasteiger partial charge in [0.05, 0.1) is 22.8 Å². The monoisotopic (exact) mass is 410 g/mol. The lowest BCUT2D eigenvalue weighted by molar-refractivity contribution is -0.00000585. The minimum atomic E-state index is 0.